The van der Waals surface area contributed by atoms with Crippen LogP contribution in [0, 0.1) is 13.8 Å². The number of primary amides is 1. The van der Waals surface area contributed by atoms with Crippen LogP contribution in [0.5, 0.6) is 0 Å². The van der Waals surface area contributed by atoms with E-state index >= 15 is 0 Å². The minimum Gasteiger partial charge on any atom is -0.377 e. The van der Waals surface area contributed by atoms with Crippen LogP contribution in [0.1, 0.15) is 36.5 Å². The smallest absolute Gasteiger partial charge is 0.242 e. The normalized spacial score (nSPS) is 21.6. The predicted octanol–water partition coefficient (Wildman–Crippen LogP) is 1.77. The van der Waals surface area contributed by atoms with Gasteiger partial charge in [0.05, 0.1) is 6.10 Å². The van der Waals surface area contributed by atoms with Gasteiger partial charge >= 0.3 is 0 Å². The molecule has 1 aromatic rings. The van der Waals surface area contributed by atoms with Gasteiger partial charge in [0.1, 0.15) is 5.54 Å². The lowest BCUT2D eigenvalue weighted by molar-refractivity contribution is -0.124. The fraction of sp³-hybridized carbons (Fsp3) is 0.562. The molecule has 1 heterocycles. The van der Waals surface area contributed by atoms with Crippen molar-refractivity contribution in [2.75, 3.05) is 13.2 Å². The first-order valence-corrected chi connectivity index (χ1v) is 7.18. The van der Waals surface area contributed by atoms with Crippen LogP contribution in [0.4, 0.5) is 0 Å². The van der Waals surface area contributed by atoms with Crippen molar-refractivity contribution in [3.05, 3.63) is 34.9 Å². The van der Waals surface area contributed by atoms with Crippen molar-refractivity contribution in [1.82, 2.24) is 5.32 Å². The largest absolute Gasteiger partial charge is 0.377 e. The number of carbonyl (C=O) groups excluding carboxylic acids is 1. The molecule has 1 fully saturated rings. The van der Waals surface area contributed by atoms with Crippen molar-refractivity contribution in [3.63, 3.8) is 0 Å². The molecule has 1 aliphatic heterocycles. The molecule has 2 atom stereocenters. The van der Waals surface area contributed by atoms with E-state index in [1.165, 1.54) is 0 Å². The Hall–Kier alpha value is -1.39. The highest BCUT2D eigenvalue weighted by molar-refractivity contribution is 5.86. The number of nitrogens with one attached hydrogen (secondary N) is 1. The second-order valence-electron chi connectivity index (χ2n) is 5.82. The first-order chi connectivity index (χ1) is 9.43. The highest BCUT2D eigenvalue weighted by Crippen LogP contribution is 2.26. The van der Waals surface area contributed by atoms with Crippen molar-refractivity contribution in [2.24, 2.45) is 5.73 Å². The summed E-state index contributed by atoms with van der Waals surface area (Å²) in [6.07, 6.45) is 2.30. The number of hydrogen-bond donors (Lipinski definition) is 2. The van der Waals surface area contributed by atoms with Gasteiger partial charge in [0.25, 0.3) is 0 Å². The van der Waals surface area contributed by atoms with Crippen LogP contribution < -0.4 is 11.1 Å². The third-order valence-corrected chi connectivity index (χ3v) is 4.13. The highest BCUT2D eigenvalue weighted by atomic mass is 16.5. The van der Waals surface area contributed by atoms with Crippen LogP contribution in [-0.4, -0.2) is 25.2 Å². The molecule has 0 saturated carbocycles. The molecule has 0 radical (unpaired) electrons. The standard InChI is InChI=1S/C16H24N2O2/c1-11-6-7-12(2)14(9-11)16(3,15(17)19)18-10-13-5-4-8-20-13/h6-7,9,13,18H,4-5,8,10H2,1-3H3,(H2,17,19). The Kier molecular flexibility index (Phi) is 4.45. The summed E-state index contributed by atoms with van der Waals surface area (Å²) in [6.45, 7) is 7.33. The Balaban J connectivity index is 2.23. The number of hydrogen-bond acceptors (Lipinski definition) is 3. The van der Waals surface area contributed by atoms with Gasteiger partial charge in [-0.1, -0.05) is 23.8 Å². The zero-order valence-corrected chi connectivity index (χ0v) is 12.5. The first kappa shape index (κ1) is 15.0. The molecule has 0 spiro atoms. The molecular formula is C16H24N2O2. The van der Waals surface area contributed by atoms with Gasteiger partial charge in [-0.2, -0.15) is 0 Å². The van der Waals surface area contributed by atoms with Gasteiger partial charge < -0.3 is 10.5 Å². The van der Waals surface area contributed by atoms with E-state index in [4.69, 9.17) is 10.5 Å². The molecule has 1 aromatic carbocycles. The van der Waals surface area contributed by atoms with E-state index in [9.17, 15) is 4.79 Å². The molecule has 1 amide bonds. The van der Waals surface area contributed by atoms with Crippen molar-refractivity contribution in [2.45, 2.75) is 45.3 Å². The molecule has 2 unspecified atom stereocenters. The fourth-order valence-corrected chi connectivity index (χ4v) is 2.71. The predicted molar refractivity (Wildman–Crippen MR) is 79.4 cm³/mol. The summed E-state index contributed by atoms with van der Waals surface area (Å²) in [6, 6.07) is 6.10. The van der Waals surface area contributed by atoms with Crippen molar-refractivity contribution < 1.29 is 9.53 Å². The van der Waals surface area contributed by atoms with Gasteiger partial charge in [-0.25, -0.2) is 0 Å². The van der Waals surface area contributed by atoms with Crippen LogP contribution in [0.15, 0.2) is 18.2 Å². The van der Waals surface area contributed by atoms with E-state index in [0.29, 0.717) is 6.54 Å². The van der Waals surface area contributed by atoms with Crippen LogP contribution in [-0.2, 0) is 15.1 Å². The Morgan fingerprint density at radius 1 is 1.50 bits per heavy atom. The number of nitrogens with two attached hydrogens (primary N) is 1. The zero-order chi connectivity index (χ0) is 14.8. The lowest BCUT2D eigenvalue weighted by Gasteiger charge is -2.31. The Morgan fingerprint density at radius 2 is 2.25 bits per heavy atom. The molecule has 0 bridgehead atoms. The maximum Gasteiger partial charge on any atom is 0.242 e. The van der Waals surface area contributed by atoms with E-state index in [1.807, 2.05) is 39.0 Å². The summed E-state index contributed by atoms with van der Waals surface area (Å²) >= 11 is 0. The van der Waals surface area contributed by atoms with Crippen LogP contribution in [0.3, 0.4) is 0 Å². The van der Waals surface area contributed by atoms with Gasteiger partial charge in [-0.15, -0.1) is 0 Å². The van der Waals surface area contributed by atoms with E-state index in [2.05, 4.69) is 5.32 Å². The van der Waals surface area contributed by atoms with Gasteiger partial charge in [0.2, 0.25) is 5.91 Å². The Morgan fingerprint density at radius 3 is 2.85 bits per heavy atom. The zero-order valence-electron chi connectivity index (χ0n) is 12.5. The summed E-state index contributed by atoms with van der Waals surface area (Å²) in [5.41, 5.74) is 7.94. The number of ether oxygens (including phenoxy) is 1. The van der Waals surface area contributed by atoms with Gasteiger partial charge in [-0.3, -0.25) is 10.1 Å². The average Bonchev–Trinajstić information content (AvgIpc) is 2.92. The molecule has 3 N–H and O–H groups in total. The van der Waals surface area contributed by atoms with E-state index < -0.39 is 5.54 Å². The minimum absolute atomic E-state index is 0.179. The third-order valence-electron chi connectivity index (χ3n) is 4.13. The summed E-state index contributed by atoms with van der Waals surface area (Å²) in [7, 11) is 0. The molecule has 4 nitrogen and oxygen atoms in total. The summed E-state index contributed by atoms with van der Waals surface area (Å²) in [4.78, 5) is 12.0. The van der Waals surface area contributed by atoms with Gasteiger partial charge in [0, 0.05) is 13.2 Å². The van der Waals surface area contributed by atoms with Gasteiger partial charge in [0.15, 0.2) is 0 Å². The molecule has 110 valence electrons. The molecule has 20 heavy (non-hydrogen) atoms. The molecule has 0 aromatic heterocycles. The molecular weight excluding hydrogens is 252 g/mol. The minimum atomic E-state index is -0.859. The monoisotopic (exact) mass is 276 g/mol. The van der Waals surface area contributed by atoms with Crippen LogP contribution >= 0.6 is 0 Å². The lowest BCUT2D eigenvalue weighted by atomic mass is 9.86. The molecule has 4 heteroatoms. The second kappa shape index (κ2) is 5.94. The van der Waals surface area contributed by atoms with Crippen LogP contribution in [0.2, 0.25) is 0 Å². The number of carbonyl (C=O) groups is 1. The fourth-order valence-electron chi connectivity index (χ4n) is 2.71. The quantitative estimate of drug-likeness (QED) is 0.861. The number of amides is 1. The Labute approximate surface area is 120 Å². The molecule has 1 saturated heterocycles. The second-order valence-corrected chi connectivity index (χ2v) is 5.82. The van der Waals surface area contributed by atoms with E-state index in [1.54, 1.807) is 0 Å². The summed E-state index contributed by atoms with van der Waals surface area (Å²) in [5.74, 6) is -0.357. The van der Waals surface area contributed by atoms with Crippen LogP contribution in [0.25, 0.3) is 0 Å². The van der Waals surface area contributed by atoms with E-state index in [0.717, 1.165) is 36.1 Å². The molecule has 1 aliphatic rings. The number of benzene rings is 1. The van der Waals surface area contributed by atoms with Crippen molar-refractivity contribution >= 4 is 5.91 Å². The first-order valence-electron chi connectivity index (χ1n) is 7.18. The molecule has 2 rings (SSSR count). The topological polar surface area (TPSA) is 64.3 Å². The number of rotatable bonds is 5. The SMILES string of the molecule is Cc1ccc(C)c(C(C)(NCC2CCCO2)C(N)=O)c1. The maximum atomic E-state index is 12.0. The molecule has 0 aliphatic carbocycles. The van der Waals surface area contributed by atoms with E-state index in [-0.39, 0.29) is 12.0 Å². The number of aryl methyl sites for hydroxylation is 2. The third kappa shape index (κ3) is 3.02. The average molecular weight is 276 g/mol. The lowest BCUT2D eigenvalue weighted by Crippen LogP contribution is -2.52. The highest BCUT2D eigenvalue weighted by Gasteiger charge is 2.35. The maximum absolute atomic E-state index is 12.0. The van der Waals surface area contributed by atoms with Crippen molar-refractivity contribution in [1.29, 1.82) is 0 Å². The summed E-state index contributed by atoms with van der Waals surface area (Å²) in [5, 5.41) is 3.32. The summed E-state index contributed by atoms with van der Waals surface area (Å²) < 4.78 is 5.60. The van der Waals surface area contributed by atoms with Gasteiger partial charge in [-0.05, 0) is 44.7 Å². The van der Waals surface area contributed by atoms with Crippen molar-refractivity contribution in [3.8, 4) is 0 Å². The Bertz CT molecular complexity index is 495.